The van der Waals surface area contributed by atoms with E-state index in [-0.39, 0.29) is 5.56 Å². The van der Waals surface area contributed by atoms with Crippen molar-refractivity contribution < 1.29 is 13.6 Å². The summed E-state index contributed by atoms with van der Waals surface area (Å²) in [5, 5.41) is 5.02. The molecule has 1 amide bonds. The Labute approximate surface area is 203 Å². The molecule has 1 aliphatic heterocycles. The molecule has 1 fully saturated rings. The number of methoxy groups -OCH3 is 1. The molecule has 0 atom stereocenters. The monoisotopic (exact) mass is 459 g/mol. The first kappa shape index (κ1) is 18.5. The number of carbonyl (C=O) groups is 1. The summed E-state index contributed by atoms with van der Waals surface area (Å²) in [6, 6.07) is 11.6. The van der Waals surface area contributed by atoms with Gasteiger partial charge in [0.25, 0.3) is 5.91 Å². The molecule has 0 radical (unpaired) electrons. The minimum absolute atomic E-state index is 0.280. The summed E-state index contributed by atoms with van der Waals surface area (Å²) in [4.78, 5) is 25.2. The zero-order chi connectivity index (χ0) is 26.2. The molecule has 1 aromatic carbocycles. The van der Waals surface area contributed by atoms with Gasteiger partial charge in [-0.2, -0.15) is 5.10 Å². The lowest BCUT2D eigenvalue weighted by Crippen LogP contribution is -2.45. The van der Waals surface area contributed by atoms with Crippen LogP contribution in [0.3, 0.4) is 0 Å². The van der Waals surface area contributed by atoms with Crippen molar-refractivity contribution in [2.24, 2.45) is 7.05 Å². The van der Waals surface area contributed by atoms with Gasteiger partial charge in [-0.05, 0) is 42.7 Å². The first-order valence-electron chi connectivity index (χ1n) is 12.7. The molecule has 0 spiro atoms. The Bertz CT molecular complexity index is 1430. The van der Waals surface area contributed by atoms with Crippen molar-refractivity contribution in [3.63, 3.8) is 0 Å². The Morgan fingerprint density at radius 1 is 1.12 bits per heavy atom. The molecular weight excluding hydrogens is 428 g/mol. The standard InChI is InChI=1S/C26H28N6O2/c1-30-17-21(15-28-30)26(33)31(2)22-8-10-32(11-9-22)23-13-20(14-27-16-23)18-4-6-24-19(12-18)5-7-25(29-24)34-3/h4-7,12-17,22H,8-11H2,1-3H3/i2D3. The number of carbonyl (C=O) groups excluding carboxylic acids is 1. The number of pyridine rings is 2. The van der Waals surface area contributed by atoms with Gasteiger partial charge in [-0.25, -0.2) is 4.98 Å². The van der Waals surface area contributed by atoms with Crippen molar-refractivity contribution in [3.05, 3.63) is 66.7 Å². The number of anilines is 1. The zero-order valence-corrected chi connectivity index (χ0v) is 19.2. The van der Waals surface area contributed by atoms with Crippen LogP contribution in [0.5, 0.6) is 5.88 Å². The molecular formula is C26H28N6O2. The van der Waals surface area contributed by atoms with Crippen molar-refractivity contribution in [2.45, 2.75) is 18.9 Å². The molecule has 0 N–H and O–H groups in total. The number of piperidine rings is 1. The molecule has 8 nitrogen and oxygen atoms in total. The molecule has 1 saturated heterocycles. The van der Waals surface area contributed by atoms with Gasteiger partial charge < -0.3 is 14.5 Å². The second-order valence-corrected chi connectivity index (χ2v) is 8.49. The maximum Gasteiger partial charge on any atom is 0.257 e. The van der Waals surface area contributed by atoms with Crippen LogP contribution in [0.2, 0.25) is 0 Å². The van der Waals surface area contributed by atoms with Gasteiger partial charge in [0.2, 0.25) is 5.88 Å². The number of benzene rings is 1. The van der Waals surface area contributed by atoms with E-state index < -0.39 is 18.9 Å². The van der Waals surface area contributed by atoms with Crippen LogP contribution in [0, 0.1) is 0 Å². The van der Waals surface area contributed by atoms with Crippen LogP contribution in [0.15, 0.2) is 61.2 Å². The summed E-state index contributed by atoms with van der Waals surface area (Å²) >= 11 is 0. The smallest absolute Gasteiger partial charge is 0.257 e. The van der Waals surface area contributed by atoms with Gasteiger partial charge in [0.05, 0.1) is 36.3 Å². The fourth-order valence-corrected chi connectivity index (χ4v) is 4.38. The Hall–Kier alpha value is -3.94. The highest BCUT2D eigenvalue weighted by Gasteiger charge is 2.27. The second-order valence-electron chi connectivity index (χ2n) is 8.49. The van der Waals surface area contributed by atoms with Crippen LogP contribution in [0.4, 0.5) is 5.69 Å². The zero-order valence-electron chi connectivity index (χ0n) is 22.2. The van der Waals surface area contributed by atoms with Gasteiger partial charge in [0.15, 0.2) is 0 Å². The third-order valence-electron chi connectivity index (χ3n) is 6.30. The minimum atomic E-state index is -2.53. The third-order valence-corrected chi connectivity index (χ3v) is 6.30. The summed E-state index contributed by atoms with van der Waals surface area (Å²) in [6.45, 7) is -1.30. The lowest BCUT2D eigenvalue weighted by Gasteiger charge is -2.37. The average molecular weight is 460 g/mol. The van der Waals surface area contributed by atoms with Crippen LogP contribution < -0.4 is 9.64 Å². The van der Waals surface area contributed by atoms with E-state index >= 15 is 0 Å². The SMILES string of the molecule is [2H]C([2H])([2H])N(C(=O)c1cnn(C)c1)C1CCN(c2cncc(-c3ccc4nc(OC)ccc4c3)c2)CC1. The van der Waals surface area contributed by atoms with Gasteiger partial charge in [-0.1, -0.05) is 6.07 Å². The summed E-state index contributed by atoms with van der Waals surface area (Å²) in [5.74, 6) is 0.0603. The third kappa shape index (κ3) is 4.31. The molecule has 0 aliphatic carbocycles. The summed E-state index contributed by atoms with van der Waals surface area (Å²) in [6.07, 6.45) is 7.69. The van der Waals surface area contributed by atoms with E-state index in [9.17, 15) is 4.79 Å². The summed E-state index contributed by atoms with van der Waals surface area (Å²) in [5.41, 5.74) is 4.10. The number of aromatic nitrogens is 4. The summed E-state index contributed by atoms with van der Waals surface area (Å²) in [7, 11) is 3.30. The molecule has 4 aromatic rings. The fourth-order valence-electron chi connectivity index (χ4n) is 4.38. The molecule has 1 aliphatic rings. The van der Waals surface area contributed by atoms with Crippen molar-refractivity contribution in [2.75, 3.05) is 32.1 Å². The predicted molar refractivity (Wildman–Crippen MR) is 132 cm³/mol. The number of aryl methyl sites for hydroxylation is 1. The lowest BCUT2D eigenvalue weighted by molar-refractivity contribution is 0.0709. The second kappa shape index (κ2) is 9.13. The number of nitrogens with zero attached hydrogens (tertiary/aromatic N) is 6. The fraction of sp³-hybridized carbons (Fsp3) is 0.308. The lowest BCUT2D eigenvalue weighted by atomic mass is 10.0. The quantitative estimate of drug-likeness (QED) is 0.452. The van der Waals surface area contributed by atoms with Crippen LogP contribution in [0.1, 0.15) is 27.3 Å². The number of ether oxygens (including phenoxy) is 1. The van der Waals surface area contributed by atoms with Crippen LogP contribution in [0.25, 0.3) is 22.0 Å². The van der Waals surface area contributed by atoms with Crippen molar-refractivity contribution in [1.82, 2.24) is 24.6 Å². The number of rotatable bonds is 5. The highest BCUT2D eigenvalue weighted by molar-refractivity contribution is 5.93. The maximum absolute atomic E-state index is 13.1. The highest BCUT2D eigenvalue weighted by Crippen LogP contribution is 2.29. The van der Waals surface area contributed by atoms with Crippen molar-refractivity contribution >= 4 is 22.5 Å². The molecule has 0 saturated carbocycles. The first-order valence-corrected chi connectivity index (χ1v) is 11.2. The molecule has 174 valence electrons. The number of hydrogen-bond acceptors (Lipinski definition) is 6. The van der Waals surface area contributed by atoms with E-state index in [2.05, 4.69) is 32.1 Å². The topological polar surface area (TPSA) is 76.4 Å². The minimum Gasteiger partial charge on any atom is -0.481 e. The van der Waals surface area contributed by atoms with Crippen LogP contribution in [-0.4, -0.2) is 63.8 Å². The van der Waals surface area contributed by atoms with Gasteiger partial charge in [-0.3, -0.25) is 14.5 Å². The predicted octanol–water partition coefficient (Wildman–Crippen LogP) is 3.78. The molecule has 8 heteroatoms. The van der Waals surface area contributed by atoms with E-state index in [1.807, 2.05) is 36.7 Å². The molecule has 5 rings (SSSR count). The van der Waals surface area contributed by atoms with Gasteiger partial charge in [-0.15, -0.1) is 0 Å². The number of hydrogen-bond donors (Lipinski definition) is 0. The Morgan fingerprint density at radius 3 is 2.71 bits per heavy atom. The molecule has 3 aromatic heterocycles. The Balaban J connectivity index is 1.32. The largest absolute Gasteiger partial charge is 0.481 e. The highest BCUT2D eigenvalue weighted by atomic mass is 16.5. The van der Waals surface area contributed by atoms with Crippen LogP contribution >= 0.6 is 0 Å². The van der Waals surface area contributed by atoms with Crippen molar-refractivity contribution in [1.29, 1.82) is 0 Å². The van der Waals surface area contributed by atoms with E-state index in [0.717, 1.165) is 32.6 Å². The Kier molecular flexibility index (Phi) is 4.96. The van der Waals surface area contributed by atoms with E-state index in [0.29, 0.717) is 31.8 Å². The van der Waals surface area contributed by atoms with Gasteiger partial charge in [0.1, 0.15) is 0 Å². The van der Waals surface area contributed by atoms with E-state index in [1.165, 1.54) is 10.9 Å². The van der Waals surface area contributed by atoms with Crippen molar-refractivity contribution in [3.8, 4) is 17.0 Å². The molecule has 0 unspecified atom stereocenters. The molecule has 4 heterocycles. The van der Waals surface area contributed by atoms with Gasteiger partial charge in [0, 0.05) is 66.7 Å². The Morgan fingerprint density at radius 2 is 1.97 bits per heavy atom. The van der Waals surface area contributed by atoms with Gasteiger partial charge >= 0.3 is 0 Å². The average Bonchev–Trinajstić information content (AvgIpc) is 3.34. The normalized spacial score (nSPS) is 16.1. The molecule has 0 bridgehead atoms. The maximum atomic E-state index is 13.1. The number of fused-ring (bicyclic) bond motifs is 1. The molecule has 34 heavy (non-hydrogen) atoms. The van der Waals surface area contributed by atoms with E-state index in [4.69, 9.17) is 8.85 Å². The van der Waals surface area contributed by atoms with E-state index in [1.54, 1.807) is 20.4 Å². The number of amides is 1. The summed E-state index contributed by atoms with van der Waals surface area (Å²) < 4.78 is 30.7. The van der Waals surface area contributed by atoms with Crippen LogP contribution in [-0.2, 0) is 7.05 Å². The first-order chi connectivity index (χ1) is 17.7.